The number of hydrogen-bond acceptors (Lipinski definition) is 7. The molecule has 0 radical (unpaired) electrons. The van der Waals surface area contributed by atoms with Gasteiger partial charge in [0.1, 0.15) is 17.2 Å². The van der Waals surface area contributed by atoms with Crippen molar-refractivity contribution in [3.05, 3.63) is 47.5 Å². The molecule has 2 aromatic carbocycles. The van der Waals surface area contributed by atoms with Crippen LogP contribution in [-0.2, 0) is 0 Å². The highest BCUT2D eigenvalue weighted by Crippen LogP contribution is 2.33. The number of aromatic nitrogens is 2. The zero-order valence-corrected chi connectivity index (χ0v) is 16.5. The van der Waals surface area contributed by atoms with Crippen molar-refractivity contribution in [2.24, 2.45) is 0 Å². The zero-order chi connectivity index (χ0) is 19.1. The van der Waals surface area contributed by atoms with Crippen LogP contribution >= 0.6 is 23.4 Å². The third-order valence-corrected chi connectivity index (χ3v) is 4.80. The Kier molecular flexibility index (Phi) is 6.84. The van der Waals surface area contributed by atoms with Gasteiger partial charge < -0.3 is 18.6 Å². The molecule has 27 heavy (non-hydrogen) atoms. The van der Waals surface area contributed by atoms with Crippen LogP contribution in [0.5, 0.6) is 17.2 Å². The van der Waals surface area contributed by atoms with E-state index in [1.165, 1.54) is 11.8 Å². The van der Waals surface area contributed by atoms with Crippen molar-refractivity contribution in [3.63, 3.8) is 0 Å². The van der Waals surface area contributed by atoms with E-state index in [0.29, 0.717) is 34.2 Å². The molecule has 3 rings (SSSR count). The summed E-state index contributed by atoms with van der Waals surface area (Å²) < 4.78 is 22.0. The number of benzene rings is 2. The SMILES string of the molecule is COc1ccc(-c2nnc(SCCCOc3ccc(Cl)cc3)o2)c(OC)c1. The van der Waals surface area contributed by atoms with Crippen LogP contribution in [0, 0.1) is 0 Å². The third-order valence-electron chi connectivity index (χ3n) is 3.64. The van der Waals surface area contributed by atoms with Crippen LogP contribution in [0.3, 0.4) is 0 Å². The van der Waals surface area contributed by atoms with Gasteiger partial charge in [-0.25, -0.2) is 0 Å². The molecule has 0 bridgehead atoms. The predicted octanol–water partition coefficient (Wildman–Crippen LogP) is 4.97. The lowest BCUT2D eigenvalue weighted by molar-refractivity contribution is 0.318. The Balaban J connectivity index is 1.50. The number of hydrogen-bond donors (Lipinski definition) is 0. The number of methoxy groups -OCH3 is 2. The standard InChI is InChI=1S/C19H19ClN2O4S/c1-23-15-8-9-16(17(12-15)24-2)18-21-22-19(26-18)27-11-3-10-25-14-6-4-13(20)5-7-14/h4-9,12H,3,10-11H2,1-2H3. The molecule has 0 saturated carbocycles. The molecule has 6 nitrogen and oxygen atoms in total. The Morgan fingerprint density at radius 3 is 2.52 bits per heavy atom. The molecule has 0 fully saturated rings. The van der Waals surface area contributed by atoms with Gasteiger partial charge in [-0.2, -0.15) is 0 Å². The van der Waals surface area contributed by atoms with E-state index in [4.69, 9.17) is 30.2 Å². The molecule has 0 aliphatic rings. The summed E-state index contributed by atoms with van der Waals surface area (Å²) in [4.78, 5) is 0. The molecular weight excluding hydrogens is 388 g/mol. The Hall–Kier alpha value is -2.38. The first-order valence-corrected chi connectivity index (χ1v) is 9.63. The van der Waals surface area contributed by atoms with Gasteiger partial charge in [-0.15, -0.1) is 10.2 Å². The topological polar surface area (TPSA) is 66.6 Å². The summed E-state index contributed by atoms with van der Waals surface area (Å²) in [6.45, 7) is 0.599. The van der Waals surface area contributed by atoms with Gasteiger partial charge in [0, 0.05) is 16.8 Å². The van der Waals surface area contributed by atoms with Crippen molar-refractivity contribution in [2.75, 3.05) is 26.6 Å². The van der Waals surface area contributed by atoms with Crippen molar-refractivity contribution in [2.45, 2.75) is 11.6 Å². The largest absolute Gasteiger partial charge is 0.497 e. The van der Waals surface area contributed by atoms with Crippen molar-refractivity contribution in [3.8, 4) is 28.7 Å². The van der Waals surface area contributed by atoms with E-state index in [9.17, 15) is 0 Å². The van der Waals surface area contributed by atoms with Crippen LogP contribution in [0.15, 0.2) is 52.1 Å². The summed E-state index contributed by atoms with van der Waals surface area (Å²) in [6.07, 6.45) is 0.844. The van der Waals surface area contributed by atoms with E-state index < -0.39 is 0 Å². The maximum atomic E-state index is 5.85. The average molecular weight is 407 g/mol. The molecule has 3 aromatic rings. The molecular formula is C19H19ClN2O4S. The Morgan fingerprint density at radius 2 is 1.78 bits per heavy atom. The molecule has 0 aliphatic heterocycles. The van der Waals surface area contributed by atoms with E-state index >= 15 is 0 Å². The number of halogens is 1. The smallest absolute Gasteiger partial charge is 0.276 e. The second kappa shape index (κ2) is 9.53. The molecule has 0 atom stereocenters. The van der Waals surface area contributed by atoms with Crippen molar-refractivity contribution < 1.29 is 18.6 Å². The summed E-state index contributed by atoms with van der Waals surface area (Å²) in [7, 11) is 3.19. The van der Waals surface area contributed by atoms with Crippen LogP contribution in [0.1, 0.15) is 6.42 Å². The highest BCUT2D eigenvalue weighted by atomic mass is 35.5. The van der Waals surface area contributed by atoms with E-state index in [1.807, 2.05) is 24.3 Å². The fraction of sp³-hybridized carbons (Fsp3) is 0.263. The van der Waals surface area contributed by atoms with Gasteiger partial charge in [0.25, 0.3) is 11.1 Å². The number of rotatable bonds is 9. The van der Waals surface area contributed by atoms with Crippen molar-refractivity contribution in [1.82, 2.24) is 10.2 Å². The quantitative estimate of drug-likeness (QED) is 0.367. The second-order valence-corrected chi connectivity index (χ2v) is 6.93. The van der Waals surface area contributed by atoms with Crippen LogP contribution in [0.4, 0.5) is 0 Å². The lowest BCUT2D eigenvalue weighted by atomic mass is 10.2. The molecule has 0 spiro atoms. The summed E-state index contributed by atoms with van der Waals surface area (Å²) >= 11 is 7.34. The van der Waals surface area contributed by atoms with Gasteiger partial charge in [0.15, 0.2) is 0 Å². The Bertz CT molecular complexity index is 870. The molecule has 1 heterocycles. The second-order valence-electron chi connectivity index (χ2n) is 5.44. The van der Waals surface area contributed by atoms with E-state index in [-0.39, 0.29) is 0 Å². The Morgan fingerprint density at radius 1 is 1.00 bits per heavy atom. The zero-order valence-electron chi connectivity index (χ0n) is 15.0. The van der Waals surface area contributed by atoms with Crippen molar-refractivity contribution >= 4 is 23.4 Å². The first-order valence-electron chi connectivity index (χ1n) is 8.26. The molecule has 1 aromatic heterocycles. The van der Waals surface area contributed by atoms with Gasteiger partial charge >= 0.3 is 0 Å². The lowest BCUT2D eigenvalue weighted by Crippen LogP contribution is -1.98. The van der Waals surface area contributed by atoms with Gasteiger partial charge in [-0.1, -0.05) is 23.4 Å². The number of ether oxygens (including phenoxy) is 3. The highest BCUT2D eigenvalue weighted by Gasteiger charge is 2.14. The van der Waals surface area contributed by atoms with Gasteiger partial charge in [0.2, 0.25) is 0 Å². The predicted molar refractivity (Wildman–Crippen MR) is 105 cm³/mol. The van der Waals surface area contributed by atoms with Crippen LogP contribution < -0.4 is 14.2 Å². The number of thioether (sulfide) groups is 1. The van der Waals surface area contributed by atoms with Crippen LogP contribution in [0.2, 0.25) is 5.02 Å². The third kappa shape index (κ3) is 5.30. The summed E-state index contributed by atoms with van der Waals surface area (Å²) in [5, 5.41) is 9.39. The normalized spacial score (nSPS) is 10.6. The maximum Gasteiger partial charge on any atom is 0.276 e. The monoisotopic (exact) mass is 406 g/mol. The van der Waals surface area contributed by atoms with Gasteiger partial charge in [-0.05, 0) is 42.8 Å². The molecule has 0 saturated heterocycles. The molecule has 8 heteroatoms. The first-order chi connectivity index (χ1) is 13.2. The van der Waals surface area contributed by atoms with E-state index in [1.54, 1.807) is 32.4 Å². The minimum atomic E-state index is 0.411. The lowest BCUT2D eigenvalue weighted by Gasteiger charge is -2.07. The molecule has 0 N–H and O–H groups in total. The van der Waals surface area contributed by atoms with Crippen LogP contribution in [-0.4, -0.2) is 36.8 Å². The van der Waals surface area contributed by atoms with E-state index in [0.717, 1.165) is 23.5 Å². The molecule has 0 amide bonds. The minimum absolute atomic E-state index is 0.411. The van der Waals surface area contributed by atoms with Gasteiger partial charge in [0.05, 0.1) is 26.4 Å². The summed E-state index contributed by atoms with van der Waals surface area (Å²) in [5.41, 5.74) is 0.726. The maximum absolute atomic E-state index is 5.85. The fourth-order valence-corrected chi connectivity index (χ4v) is 3.09. The number of nitrogens with zero attached hydrogens (tertiary/aromatic N) is 2. The molecule has 0 unspecified atom stereocenters. The summed E-state index contributed by atoms with van der Waals surface area (Å²) in [5.74, 6) is 3.33. The summed E-state index contributed by atoms with van der Waals surface area (Å²) in [6, 6.07) is 12.7. The van der Waals surface area contributed by atoms with E-state index in [2.05, 4.69) is 10.2 Å². The Labute approximate surface area is 166 Å². The highest BCUT2D eigenvalue weighted by molar-refractivity contribution is 7.99. The average Bonchev–Trinajstić information content (AvgIpc) is 3.17. The fourth-order valence-electron chi connectivity index (χ4n) is 2.29. The molecule has 0 aliphatic carbocycles. The van der Waals surface area contributed by atoms with Gasteiger partial charge in [-0.3, -0.25) is 0 Å². The minimum Gasteiger partial charge on any atom is -0.497 e. The van der Waals surface area contributed by atoms with Crippen molar-refractivity contribution in [1.29, 1.82) is 0 Å². The first kappa shape index (κ1) is 19.4. The molecule has 142 valence electrons. The van der Waals surface area contributed by atoms with Crippen LogP contribution in [0.25, 0.3) is 11.5 Å².